The maximum atomic E-state index is 7.23. The third kappa shape index (κ3) is 5.95. The molecule has 4 heterocycles. The number of para-hydroxylation sites is 2. The van der Waals surface area contributed by atoms with Crippen LogP contribution in [0.25, 0.3) is 70.9 Å². The van der Waals surface area contributed by atoms with Crippen molar-refractivity contribution in [3.63, 3.8) is 0 Å². The molecule has 0 aliphatic rings. The van der Waals surface area contributed by atoms with Crippen LogP contribution < -0.4 is 0 Å². The summed E-state index contributed by atoms with van der Waals surface area (Å²) >= 11 is 1.80. The van der Waals surface area contributed by atoms with E-state index in [1.807, 2.05) is 42.5 Å². The first kappa shape index (κ1) is 27.0. The van der Waals surface area contributed by atoms with Gasteiger partial charge in [0.2, 0.25) is 0 Å². The summed E-state index contributed by atoms with van der Waals surface area (Å²) in [6.07, 6.45) is 3.09. The molecule has 9 aromatic rings. The Morgan fingerprint density at radius 3 is 2.40 bits per heavy atom. The van der Waals surface area contributed by atoms with E-state index >= 15 is 0 Å². The van der Waals surface area contributed by atoms with Gasteiger partial charge in [-0.2, -0.15) is 11.3 Å². The van der Waals surface area contributed by atoms with E-state index < -0.39 is 6.85 Å². The molecule has 0 atom stereocenters. The molecule has 0 N–H and O–H groups in total. The number of aromatic nitrogens is 3. The van der Waals surface area contributed by atoms with E-state index in [2.05, 4.69) is 94.5 Å². The number of furan rings is 1. The van der Waals surface area contributed by atoms with Gasteiger partial charge in [0.25, 0.3) is 0 Å². The maximum absolute atomic E-state index is 7.23. The van der Waals surface area contributed by atoms with E-state index in [1.54, 1.807) is 35.8 Å². The third-order valence-electron chi connectivity index (χ3n) is 7.80. The van der Waals surface area contributed by atoms with E-state index in [0.717, 1.165) is 50.7 Å². The number of benzene rings is 5. The summed E-state index contributed by atoms with van der Waals surface area (Å²) in [6, 6.07) is 50.6. The molecule has 0 bridgehead atoms. The van der Waals surface area contributed by atoms with Crippen LogP contribution in [0, 0.1) is 19.0 Å². The molecule has 0 amide bonds. The minimum atomic E-state index is -2.09. The van der Waals surface area contributed by atoms with Crippen molar-refractivity contribution in [2.45, 2.75) is 6.85 Å². The minimum absolute atomic E-state index is 0. The van der Waals surface area contributed by atoms with Crippen LogP contribution in [-0.2, 0) is 20.1 Å². The van der Waals surface area contributed by atoms with Crippen molar-refractivity contribution >= 4 is 42.5 Å². The summed E-state index contributed by atoms with van der Waals surface area (Å²) in [5.41, 5.74) is 7.02. The molecule has 0 aliphatic heterocycles. The van der Waals surface area contributed by atoms with Crippen LogP contribution in [0.2, 0.25) is 0 Å². The fourth-order valence-corrected chi connectivity index (χ4v) is 6.83. The average Bonchev–Trinajstić information content (AvgIpc) is 3.90. The second-order valence-electron chi connectivity index (χ2n) is 10.7. The van der Waals surface area contributed by atoms with Crippen molar-refractivity contribution in [1.82, 2.24) is 14.5 Å². The van der Waals surface area contributed by atoms with Gasteiger partial charge in [0, 0.05) is 46.4 Å². The predicted molar refractivity (Wildman–Crippen MR) is 189 cm³/mol. The van der Waals surface area contributed by atoms with Crippen LogP contribution in [0.5, 0.6) is 0 Å². The molecule has 9 rings (SSSR count). The summed E-state index contributed by atoms with van der Waals surface area (Å²) in [5, 5.41) is 2.52. The van der Waals surface area contributed by atoms with E-state index in [4.69, 9.17) is 13.5 Å². The zero-order valence-electron chi connectivity index (χ0n) is 27.8. The van der Waals surface area contributed by atoms with Gasteiger partial charge >= 0.3 is 0 Å². The molecule has 47 heavy (non-hydrogen) atoms. The molecule has 5 aromatic carbocycles. The normalized spacial score (nSPS) is 12.1. The van der Waals surface area contributed by atoms with Gasteiger partial charge in [0.15, 0.2) is 0 Å². The second kappa shape index (κ2) is 13.3. The van der Waals surface area contributed by atoms with Gasteiger partial charge < -0.3 is 14.0 Å². The van der Waals surface area contributed by atoms with Crippen molar-refractivity contribution in [3.05, 3.63) is 164 Å². The number of pyridine rings is 1. The van der Waals surface area contributed by atoms with Gasteiger partial charge in [-0.15, -0.1) is 54.1 Å². The van der Waals surface area contributed by atoms with Crippen LogP contribution in [0.4, 0.5) is 0 Å². The van der Waals surface area contributed by atoms with Crippen molar-refractivity contribution in [1.29, 1.82) is 0 Å². The molecule has 6 heteroatoms. The largest absolute Gasteiger partial charge is 0.464 e. The van der Waals surface area contributed by atoms with Gasteiger partial charge in [0.05, 0.1) is 23.1 Å². The Labute approximate surface area is 294 Å². The van der Waals surface area contributed by atoms with Crippen LogP contribution in [0.3, 0.4) is 0 Å². The van der Waals surface area contributed by atoms with Gasteiger partial charge in [-0.3, -0.25) is 4.98 Å². The summed E-state index contributed by atoms with van der Waals surface area (Å²) in [6.45, 7) is -2.09. The molecule has 0 unspecified atom stereocenters. The summed E-state index contributed by atoms with van der Waals surface area (Å²) < 4.78 is 32.0. The van der Waals surface area contributed by atoms with E-state index in [9.17, 15) is 0 Å². The van der Waals surface area contributed by atoms with Crippen LogP contribution in [0.1, 0.15) is 9.68 Å². The van der Waals surface area contributed by atoms with Crippen LogP contribution >= 0.6 is 11.3 Å². The van der Waals surface area contributed by atoms with Crippen molar-refractivity contribution < 1.29 is 28.6 Å². The molecule has 0 spiro atoms. The predicted octanol–water partition coefficient (Wildman–Crippen LogP) is 11.0. The molecule has 1 radical (unpaired) electrons. The van der Waals surface area contributed by atoms with Gasteiger partial charge in [-0.1, -0.05) is 53.4 Å². The maximum Gasteiger partial charge on any atom is 0.133 e. The summed E-state index contributed by atoms with van der Waals surface area (Å²) in [7, 11) is 0. The van der Waals surface area contributed by atoms with Gasteiger partial charge in [0.1, 0.15) is 5.76 Å². The Morgan fingerprint density at radius 2 is 1.62 bits per heavy atom. The van der Waals surface area contributed by atoms with Crippen molar-refractivity contribution in [2.24, 2.45) is 0 Å². The number of imidazole rings is 1. The summed E-state index contributed by atoms with van der Waals surface area (Å²) in [4.78, 5) is 9.20. The quantitative estimate of drug-likeness (QED) is 0.166. The number of fused-ring (bicyclic) bond motifs is 4. The Hall–Kier alpha value is -5.13. The first-order chi connectivity index (χ1) is 23.9. The second-order valence-corrected chi connectivity index (χ2v) is 11.7. The molecule has 0 fully saturated rings. The van der Waals surface area contributed by atoms with E-state index in [1.165, 1.54) is 26.4 Å². The minimum Gasteiger partial charge on any atom is -0.464 e. The van der Waals surface area contributed by atoms with Gasteiger partial charge in [-0.05, 0) is 82.8 Å². The molecule has 229 valence electrons. The molecular weight excluding hydrogens is 775 g/mol. The third-order valence-corrected chi connectivity index (χ3v) is 9.01. The van der Waals surface area contributed by atoms with E-state index in [-0.39, 0.29) is 25.7 Å². The molecular formula is C41H27IrN3OS-2. The zero-order chi connectivity index (χ0) is 33.4. The topological polar surface area (TPSA) is 43.9 Å². The Balaban J connectivity index is 0.000000196. The standard InChI is InChI=1S/C29H17N2OS.C12H10N.Ir/c1-4-13-27-21(7-1)22-8-5-9-23(28(22)33-27)29-30-24-10-2-3-11-25(24)31(29)20-16-14-19(15-17-20)26-12-6-18-32-26;1-10-7-8-12(13-9-10)11-5-3-2-4-6-11;/h1-8,10-18H;2-5,7-9H,1H3;/q2*-1;/i;1D3;. The molecule has 0 saturated heterocycles. The number of nitrogens with zero attached hydrogens (tertiary/aromatic N) is 3. The fraction of sp³-hybridized carbons (Fsp3) is 0.0244. The van der Waals surface area contributed by atoms with E-state index in [0.29, 0.717) is 0 Å². The Bertz CT molecular complexity index is 2520. The smallest absolute Gasteiger partial charge is 0.133 e. The van der Waals surface area contributed by atoms with Crippen LogP contribution in [0.15, 0.2) is 150 Å². The van der Waals surface area contributed by atoms with Crippen molar-refractivity contribution in [2.75, 3.05) is 0 Å². The number of hydrogen-bond donors (Lipinski definition) is 0. The molecule has 0 aliphatic carbocycles. The van der Waals surface area contributed by atoms with Gasteiger partial charge in [-0.25, -0.2) is 0 Å². The molecule has 4 aromatic heterocycles. The number of rotatable bonds is 4. The SMILES string of the molecule is [2H]C([2H])([2H])c1ccc(-c2[c-]cccc2)nc1.[Ir].[c-]1ccc2c(sc3ccccc32)c1-c1nc2ccccc2n1-c1ccc(-c2ccco2)cc1. The zero-order valence-corrected chi connectivity index (χ0v) is 28.1. The Kier molecular flexibility index (Phi) is 7.65. The first-order valence-corrected chi connectivity index (χ1v) is 15.6. The summed E-state index contributed by atoms with van der Waals surface area (Å²) in [5.74, 6) is 1.76. The molecule has 0 saturated carbocycles. The monoisotopic (exact) mass is 805 g/mol. The van der Waals surface area contributed by atoms with Crippen LogP contribution in [-0.4, -0.2) is 14.5 Å². The number of thiophene rings is 1. The first-order valence-electron chi connectivity index (χ1n) is 16.3. The fourth-order valence-electron chi connectivity index (χ4n) is 5.64. The Morgan fingerprint density at radius 1 is 0.766 bits per heavy atom. The number of hydrogen-bond acceptors (Lipinski definition) is 4. The number of aryl methyl sites for hydroxylation is 1. The van der Waals surface area contributed by atoms with Crippen molar-refractivity contribution in [3.8, 4) is 39.7 Å². The molecule has 4 nitrogen and oxygen atoms in total. The average molecular weight is 805 g/mol.